The van der Waals surface area contributed by atoms with Gasteiger partial charge in [0.2, 0.25) is 5.28 Å². The van der Waals surface area contributed by atoms with Gasteiger partial charge in [-0.1, -0.05) is 0 Å². The maximum Gasteiger partial charge on any atom is 0.255 e. The van der Waals surface area contributed by atoms with E-state index in [0.29, 0.717) is 0 Å². The first-order chi connectivity index (χ1) is 6.86. The minimum atomic E-state index is -3.61. The zero-order valence-corrected chi connectivity index (χ0v) is 9.56. The van der Waals surface area contributed by atoms with Crippen LogP contribution in [-0.4, -0.2) is 37.6 Å². The minimum absolute atomic E-state index is 0.121. The van der Waals surface area contributed by atoms with E-state index in [-0.39, 0.29) is 15.9 Å². The van der Waals surface area contributed by atoms with Crippen LogP contribution in [0.5, 0.6) is 0 Å². The second-order valence-electron chi connectivity index (χ2n) is 2.71. The normalized spacial score (nSPS) is 11.1. The van der Waals surface area contributed by atoms with Crippen LogP contribution in [0, 0.1) is 0 Å². The number of halogens is 1. The van der Waals surface area contributed by atoms with E-state index in [0.717, 1.165) is 12.5 Å². The maximum absolute atomic E-state index is 11.3. The van der Waals surface area contributed by atoms with Crippen molar-refractivity contribution >= 4 is 27.3 Å². The number of rotatable bonds is 2. The molecule has 1 heterocycles. The number of carbonyl (C=O) groups is 1. The topological polar surface area (TPSA) is 89.0 Å². The maximum atomic E-state index is 11.3. The Labute approximate surface area is 91.6 Å². The summed E-state index contributed by atoms with van der Waals surface area (Å²) >= 11 is 5.45. The molecule has 0 spiro atoms. The van der Waals surface area contributed by atoms with Gasteiger partial charge in [0.05, 0.1) is 5.56 Å². The van der Waals surface area contributed by atoms with Gasteiger partial charge in [0.25, 0.3) is 5.91 Å². The van der Waals surface area contributed by atoms with Crippen LogP contribution in [0.3, 0.4) is 0 Å². The van der Waals surface area contributed by atoms with E-state index in [1.807, 2.05) is 0 Å². The van der Waals surface area contributed by atoms with Gasteiger partial charge in [-0.2, -0.15) is 0 Å². The van der Waals surface area contributed by atoms with Crippen molar-refractivity contribution in [3.63, 3.8) is 0 Å². The summed E-state index contributed by atoms with van der Waals surface area (Å²) in [4.78, 5) is 18.4. The van der Waals surface area contributed by atoms with E-state index in [1.54, 1.807) is 0 Å². The first kappa shape index (κ1) is 11.9. The summed E-state index contributed by atoms with van der Waals surface area (Å²) in [5.74, 6) is -0.577. The molecule has 1 aromatic heterocycles. The zero-order chi connectivity index (χ0) is 11.6. The highest BCUT2D eigenvalue weighted by atomic mass is 35.5. The molecule has 82 valence electrons. The van der Waals surface area contributed by atoms with E-state index in [9.17, 15) is 13.2 Å². The fourth-order valence-electron chi connectivity index (χ4n) is 0.919. The summed E-state index contributed by atoms with van der Waals surface area (Å²) in [6, 6.07) is 0. The van der Waals surface area contributed by atoms with E-state index < -0.39 is 15.7 Å². The number of hydrogen-bond donors (Lipinski definition) is 1. The molecule has 0 unspecified atom stereocenters. The van der Waals surface area contributed by atoms with Gasteiger partial charge in [-0.3, -0.25) is 4.79 Å². The van der Waals surface area contributed by atoms with Crippen molar-refractivity contribution in [2.45, 2.75) is 5.03 Å². The fraction of sp³-hybridized carbons (Fsp3) is 0.286. The third kappa shape index (κ3) is 2.63. The molecule has 0 saturated carbocycles. The van der Waals surface area contributed by atoms with Gasteiger partial charge in [-0.15, -0.1) is 0 Å². The van der Waals surface area contributed by atoms with Crippen LogP contribution in [0.4, 0.5) is 0 Å². The molecule has 0 aliphatic heterocycles. The molecule has 0 aliphatic rings. The molecule has 1 aromatic rings. The summed E-state index contributed by atoms with van der Waals surface area (Å²) in [6.45, 7) is 0. The molecule has 0 aliphatic carbocycles. The number of nitrogens with one attached hydrogen (secondary N) is 1. The van der Waals surface area contributed by atoms with Gasteiger partial charge < -0.3 is 5.32 Å². The summed E-state index contributed by atoms with van der Waals surface area (Å²) in [5, 5.41) is 1.69. The SMILES string of the molecule is CNC(=O)c1cnc(Cl)nc1S(C)(=O)=O. The first-order valence-electron chi connectivity index (χ1n) is 3.81. The minimum Gasteiger partial charge on any atom is -0.355 e. The molecule has 0 bridgehead atoms. The molecule has 15 heavy (non-hydrogen) atoms. The third-order valence-corrected chi connectivity index (χ3v) is 2.74. The van der Waals surface area contributed by atoms with Crippen LogP contribution < -0.4 is 5.32 Å². The fourth-order valence-corrected chi connectivity index (χ4v) is 1.90. The van der Waals surface area contributed by atoms with Crippen LogP contribution in [0.15, 0.2) is 11.2 Å². The molecule has 6 nitrogen and oxygen atoms in total. The average Bonchev–Trinajstić information content (AvgIpc) is 2.15. The lowest BCUT2D eigenvalue weighted by molar-refractivity contribution is 0.0958. The molecular weight excluding hydrogens is 242 g/mol. The van der Waals surface area contributed by atoms with Crippen LogP contribution in [0.25, 0.3) is 0 Å². The van der Waals surface area contributed by atoms with Crippen molar-refractivity contribution in [1.29, 1.82) is 0 Å². The van der Waals surface area contributed by atoms with Gasteiger partial charge in [0, 0.05) is 19.5 Å². The molecule has 0 fully saturated rings. The smallest absolute Gasteiger partial charge is 0.255 e. The van der Waals surface area contributed by atoms with Gasteiger partial charge in [-0.05, 0) is 11.6 Å². The molecule has 0 radical (unpaired) electrons. The molecule has 0 saturated heterocycles. The van der Waals surface area contributed by atoms with E-state index in [4.69, 9.17) is 11.6 Å². The zero-order valence-electron chi connectivity index (χ0n) is 7.98. The van der Waals surface area contributed by atoms with E-state index in [1.165, 1.54) is 7.05 Å². The summed E-state index contributed by atoms with van der Waals surface area (Å²) in [7, 11) is -2.23. The van der Waals surface area contributed by atoms with Crippen LogP contribution in [-0.2, 0) is 9.84 Å². The van der Waals surface area contributed by atoms with Crippen LogP contribution in [0.1, 0.15) is 10.4 Å². The van der Waals surface area contributed by atoms with Crippen molar-refractivity contribution in [3.8, 4) is 0 Å². The highest BCUT2D eigenvalue weighted by molar-refractivity contribution is 7.90. The Morgan fingerprint density at radius 3 is 2.60 bits per heavy atom. The van der Waals surface area contributed by atoms with Crippen molar-refractivity contribution in [2.75, 3.05) is 13.3 Å². The quantitative estimate of drug-likeness (QED) is 0.584. The Morgan fingerprint density at radius 2 is 2.13 bits per heavy atom. The van der Waals surface area contributed by atoms with Crippen molar-refractivity contribution in [2.24, 2.45) is 0 Å². The molecular formula is C7H8ClN3O3S. The van der Waals surface area contributed by atoms with Crippen LogP contribution >= 0.6 is 11.6 Å². The summed E-state index contributed by atoms with van der Waals surface area (Å²) < 4.78 is 22.6. The summed E-state index contributed by atoms with van der Waals surface area (Å²) in [6.07, 6.45) is 2.02. The Bertz CT molecular complexity index is 500. The highest BCUT2D eigenvalue weighted by Crippen LogP contribution is 2.14. The average molecular weight is 250 g/mol. The molecule has 1 N–H and O–H groups in total. The Balaban J connectivity index is 3.47. The Hall–Kier alpha value is -1.21. The molecule has 1 rings (SSSR count). The summed E-state index contributed by atoms with van der Waals surface area (Å²) in [5.41, 5.74) is -0.121. The predicted molar refractivity (Wildman–Crippen MR) is 53.5 cm³/mol. The number of carbonyl (C=O) groups excluding carboxylic acids is 1. The Kier molecular flexibility index (Phi) is 3.25. The van der Waals surface area contributed by atoms with Gasteiger partial charge in [-0.25, -0.2) is 18.4 Å². The molecule has 1 amide bonds. The van der Waals surface area contributed by atoms with E-state index in [2.05, 4.69) is 15.3 Å². The van der Waals surface area contributed by atoms with E-state index >= 15 is 0 Å². The molecule has 0 aromatic carbocycles. The third-order valence-electron chi connectivity index (χ3n) is 1.55. The standard InChI is InChI=1S/C7H8ClN3O3S/c1-9-5(12)4-3-10-7(8)11-6(4)15(2,13)14/h3H,1-2H3,(H,9,12). The number of nitrogens with zero attached hydrogens (tertiary/aromatic N) is 2. The predicted octanol–water partition coefficient (Wildman–Crippen LogP) is -0.107. The largest absolute Gasteiger partial charge is 0.355 e. The molecule has 0 atom stereocenters. The lowest BCUT2D eigenvalue weighted by Gasteiger charge is -2.04. The Morgan fingerprint density at radius 1 is 1.53 bits per heavy atom. The second-order valence-corrected chi connectivity index (χ2v) is 4.98. The van der Waals surface area contributed by atoms with Gasteiger partial charge in [0.15, 0.2) is 14.9 Å². The lowest BCUT2D eigenvalue weighted by Crippen LogP contribution is -2.22. The van der Waals surface area contributed by atoms with Crippen molar-refractivity contribution in [1.82, 2.24) is 15.3 Å². The van der Waals surface area contributed by atoms with Gasteiger partial charge in [0.1, 0.15) is 0 Å². The van der Waals surface area contributed by atoms with Crippen molar-refractivity contribution in [3.05, 3.63) is 17.0 Å². The lowest BCUT2D eigenvalue weighted by atomic mass is 10.3. The second kappa shape index (κ2) is 4.11. The number of amides is 1. The van der Waals surface area contributed by atoms with Crippen molar-refractivity contribution < 1.29 is 13.2 Å². The number of hydrogen-bond acceptors (Lipinski definition) is 5. The highest BCUT2D eigenvalue weighted by Gasteiger charge is 2.20. The van der Waals surface area contributed by atoms with Crippen LogP contribution in [0.2, 0.25) is 5.28 Å². The monoisotopic (exact) mass is 249 g/mol. The number of sulfone groups is 1. The first-order valence-corrected chi connectivity index (χ1v) is 6.08. The molecule has 8 heteroatoms. The number of aromatic nitrogens is 2. The van der Waals surface area contributed by atoms with Gasteiger partial charge >= 0.3 is 0 Å².